The molecule has 0 spiro atoms. The summed E-state index contributed by atoms with van der Waals surface area (Å²) in [6, 6.07) is 2.36. The molecular weight excluding hydrogens is 354 g/mol. The van der Waals surface area contributed by atoms with Gasteiger partial charge in [0, 0.05) is 25.4 Å². The molecule has 146 valence electrons. The molecule has 8 nitrogen and oxygen atoms in total. The van der Waals surface area contributed by atoms with Crippen LogP contribution >= 0.6 is 0 Å². The van der Waals surface area contributed by atoms with Crippen LogP contribution < -0.4 is 10.9 Å². The van der Waals surface area contributed by atoms with Crippen LogP contribution in [0.5, 0.6) is 0 Å². The lowest BCUT2D eigenvalue weighted by molar-refractivity contribution is 0.300. The number of hydrogen-bond donors (Lipinski definition) is 1. The van der Waals surface area contributed by atoms with Gasteiger partial charge in [-0.2, -0.15) is 10.2 Å². The highest BCUT2D eigenvalue weighted by molar-refractivity contribution is 5.85. The quantitative estimate of drug-likeness (QED) is 0.751. The molecule has 3 aromatic heterocycles. The van der Waals surface area contributed by atoms with Crippen molar-refractivity contribution in [1.29, 1.82) is 0 Å². The van der Waals surface area contributed by atoms with Crippen LogP contribution in [0.15, 0.2) is 23.4 Å². The van der Waals surface area contributed by atoms with E-state index in [1.54, 1.807) is 15.7 Å². The summed E-state index contributed by atoms with van der Waals surface area (Å²) in [6.07, 6.45) is 11.7. The Morgan fingerprint density at radius 3 is 2.75 bits per heavy atom. The van der Waals surface area contributed by atoms with E-state index in [0.717, 1.165) is 61.0 Å². The van der Waals surface area contributed by atoms with E-state index in [9.17, 15) is 4.79 Å². The van der Waals surface area contributed by atoms with Gasteiger partial charge in [-0.25, -0.2) is 14.6 Å². The molecular formula is C20H25N7O. The Bertz CT molecular complexity index is 1060. The van der Waals surface area contributed by atoms with E-state index in [1.807, 2.05) is 19.3 Å². The third-order valence-electron chi connectivity index (χ3n) is 6.05. The second-order valence-corrected chi connectivity index (χ2v) is 8.02. The summed E-state index contributed by atoms with van der Waals surface area (Å²) >= 11 is 0. The van der Waals surface area contributed by atoms with Gasteiger partial charge in [0.2, 0.25) is 0 Å². The number of aryl methyl sites for hydroxylation is 3. The minimum absolute atomic E-state index is 0.0601. The summed E-state index contributed by atoms with van der Waals surface area (Å²) < 4.78 is 3.51. The van der Waals surface area contributed by atoms with Gasteiger partial charge in [-0.3, -0.25) is 9.48 Å². The lowest BCUT2D eigenvalue weighted by Gasteiger charge is -2.30. The van der Waals surface area contributed by atoms with Gasteiger partial charge in [0.1, 0.15) is 12.1 Å². The van der Waals surface area contributed by atoms with Gasteiger partial charge < -0.3 is 5.32 Å². The van der Waals surface area contributed by atoms with Crippen molar-refractivity contribution in [3.05, 3.63) is 40.2 Å². The molecule has 0 amide bonds. The smallest absolute Gasteiger partial charge is 0.267 e. The Labute approximate surface area is 163 Å². The molecule has 0 radical (unpaired) electrons. The molecule has 1 fully saturated rings. The van der Waals surface area contributed by atoms with Gasteiger partial charge in [-0.05, 0) is 56.9 Å². The Kier molecular flexibility index (Phi) is 4.33. The summed E-state index contributed by atoms with van der Waals surface area (Å²) in [5.74, 6) is 0.839. The average Bonchev–Trinajstić information content (AvgIpc) is 3.09. The fourth-order valence-corrected chi connectivity index (χ4v) is 4.56. The van der Waals surface area contributed by atoms with Crippen molar-refractivity contribution < 1.29 is 0 Å². The van der Waals surface area contributed by atoms with Gasteiger partial charge >= 0.3 is 0 Å². The van der Waals surface area contributed by atoms with Crippen molar-refractivity contribution in [2.24, 2.45) is 7.05 Å². The molecule has 3 aromatic rings. The molecule has 0 bridgehead atoms. The Morgan fingerprint density at radius 2 is 1.89 bits per heavy atom. The van der Waals surface area contributed by atoms with E-state index in [-0.39, 0.29) is 11.6 Å². The van der Waals surface area contributed by atoms with Gasteiger partial charge in [0.05, 0.1) is 17.1 Å². The van der Waals surface area contributed by atoms with Crippen molar-refractivity contribution in [2.75, 3.05) is 5.32 Å². The lowest BCUT2D eigenvalue weighted by Crippen LogP contribution is -2.34. The highest BCUT2D eigenvalue weighted by atomic mass is 16.1. The highest BCUT2D eigenvalue weighted by Crippen LogP contribution is 2.30. The van der Waals surface area contributed by atoms with Crippen molar-refractivity contribution in [2.45, 2.75) is 63.5 Å². The number of fused-ring (bicyclic) bond motifs is 2. The van der Waals surface area contributed by atoms with E-state index in [4.69, 9.17) is 5.10 Å². The summed E-state index contributed by atoms with van der Waals surface area (Å²) in [5, 5.41) is 13.6. The molecule has 5 rings (SSSR count). The molecule has 2 aliphatic carbocycles. The van der Waals surface area contributed by atoms with Gasteiger partial charge in [-0.1, -0.05) is 0 Å². The van der Waals surface area contributed by atoms with E-state index in [0.29, 0.717) is 11.7 Å². The molecule has 8 heteroatoms. The maximum absolute atomic E-state index is 12.6. The summed E-state index contributed by atoms with van der Waals surface area (Å²) in [5.41, 5.74) is 3.06. The first-order valence-electron chi connectivity index (χ1n) is 10.2. The standard InChI is InChI=1S/C20H25N7O/c1-26-11-16-19(21-12-22-20(16)25-26)23-14-6-8-15(9-7-14)27-18(28)10-13-4-2-3-5-17(13)24-27/h10-12,14-15H,2-9H2,1H3,(H,21,22,23,25). The van der Waals surface area contributed by atoms with Crippen molar-refractivity contribution in [3.63, 3.8) is 0 Å². The monoisotopic (exact) mass is 379 g/mol. The van der Waals surface area contributed by atoms with Gasteiger partial charge in [0.25, 0.3) is 5.56 Å². The number of anilines is 1. The van der Waals surface area contributed by atoms with Crippen LogP contribution in [-0.2, 0) is 19.9 Å². The molecule has 0 saturated heterocycles. The zero-order valence-corrected chi connectivity index (χ0v) is 16.1. The maximum Gasteiger partial charge on any atom is 0.267 e. The van der Waals surface area contributed by atoms with Crippen LogP contribution in [0.3, 0.4) is 0 Å². The molecule has 3 heterocycles. The van der Waals surface area contributed by atoms with Crippen LogP contribution in [0.2, 0.25) is 0 Å². The van der Waals surface area contributed by atoms with E-state index in [2.05, 4.69) is 20.4 Å². The van der Waals surface area contributed by atoms with Crippen LogP contribution in [0, 0.1) is 0 Å². The van der Waals surface area contributed by atoms with E-state index >= 15 is 0 Å². The first-order chi connectivity index (χ1) is 13.7. The third kappa shape index (κ3) is 3.16. The number of aromatic nitrogens is 6. The molecule has 1 N–H and O–H groups in total. The number of hydrogen-bond acceptors (Lipinski definition) is 6. The number of nitrogens with zero attached hydrogens (tertiary/aromatic N) is 6. The molecule has 28 heavy (non-hydrogen) atoms. The molecule has 0 aliphatic heterocycles. The second-order valence-electron chi connectivity index (χ2n) is 8.02. The lowest BCUT2D eigenvalue weighted by atomic mass is 9.91. The van der Waals surface area contributed by atoms with E-state index < -0.39 is 0 Å². The minimum Gasteiger partial charge on any atom is -0.367 e. The fourth-order valence-electron chi connectivity index (χ4n) is 4.56. The number of nitrogens with one attached hydrogen (secondary N) is 1. The second kappa shape index (κ2) is 7.00. The summed E-state index contributed by atoms with van der Waals surface area (Å²) in [7, 11) is 1.89. The zero-order chi connectivity index (χ0) is 19.1. The SMILES string of the molecule is Cn1cc2c(NC3CCC(n4nc5c(cc4=O)CCCC5)CC3)ncnc2n1. The highest BCUT2D eigenvalue weighted by Gasteiger charge is 2.25. The van der Waals surface area contributed by atoms with Crippen molar-refractivity contribution in [1.82, 2.24) is 29.5 Å². The first kappa shape index (κ1) is 17.3. The number of rotatable bonds is 3. The normalized spacial score (nSPS) is 22.2. The first-order valence-corrected chi connectivity index (χ1v) is 10.2. The minimum atomic E-state index is 0.0601. The summed E-state index contributed by atoms with van der Waals surface area (Å²) in [6.45, 7) is 0. The largest absolute Gasteiger partial charge is 0.367 e. The van der Waals surface area contributed by atoms with Crippen molar-refractivity contribution in [3.8, 4) is 0 Å². The molecule has 0 aromatic carbocycles. The van der Waals surface area contributed by atoms with Crippen LogP contribution in [-0.4, -0.2) is 35.6 Å². The van der Waals surface area contributed by atoms with Gasteiger partial charge in [-0.15, -0.1) is 0 Å². The molecule has 2 aliphatic rings. The van der Waals surface area contributed by atoms with Crippen LogP contribution in [0.4, 0.5) is 5.82 Å². The maximum atomic E-state index is 12.6. The Balaban J connectivity index is 1.29. The predicted octanol–water partition coefficient (Wildman–Crippen LogP) is 2.39. The molecule has 1 saturated carbocycles. The van der Waals surface area contributed by atoms with Crippen LogP contribution in [0.25, 0.3) is 11.0 Å². The van der Waals surface area contributed by atoms with Crippen molar-refractivity contribution >= 4 is 16.9 Å². The fraction of sp³-hybridized carbons (Fsp3) is 0.550. The summed E-state index contributed by atoms with van der Waals surface area (Å²) in [4.78, 5) is 21.2. The Hall–Kier alpha value is -2.77. The molecule has 0 atom stereocenters. The van der Waals surface area contributed by atoms with E-state index in [1.165, 1.54) is 12.8 Å². The van der Waals surface area contributed by atoms with Crippen LogP contribution in [0.1, 0.15) is 55.8 Å². The van der Waals surface area contributed by atoms with Gasteiger partial charge in [0.15, 0.2) is 5.65 Å². The third-order valence-corrected chi connectivity index (χ3v) is 6.05. The zero-order valence-electron chi connectivity index (χ0n) is 16.1. The Morgan fingerprint density at radius 1 is 1.07 bits per heavy atom. The molecule has 0 unspecified atom stereocenters. The predicted molar refractivity (Wildman–Crippen MR) is 106 cm³/mol. The topological polar surface area (TPSA) is 90.5 Å². The average molecular weight is 379 g/mol.